The van der Waals surface area contributed by atoms with Gasteiger partial charge < -0.3 is 10.2 Å². The Morgan fingerprint density at radius 1 is 1.38 bits per heavy atom. The van der Waals surface area contributed by atoms with E-state index in [4.69, 9.17) is 0 Å². The van der Waals surface area contributed by atoms with E-state index < -0.39 is 5.54 Å². The predicted octanol–water partition coefficient (Wildman–Crippen LogP) is 0.709. The van der Waals surface area contributed by atoms with Crippen LogP contribution in [0.25, 0.3) is 0 Å². The summed E-state index contributed by atoms with van der Waals surface area (Å²) in [5.41, 5.74) is -0.798. The molecular weight excluding hydrogens is 308 g/mol. The minimum Gasteiger partial charge on any atom is -0.323 e. The van der Waals surface area contributed by atoms with Gasteiger partial charge >= 0.3 is 6.03 Å². The van der Waals surface area contributed by atoms with Crippen molar-refractivity contribution in [2.75, 3.05) is 19.6 Å². The first kappa shape index (κ1) is 16.9. The highest BCUT2D eigenvalue weighted by molar-refractivity contribution is 6.07. The number of hydrogen-bond donors (Lipinski definition) is 1. The molecule has 2 unspecified atom stereocenters. The Labute approximate surface area is 142 Å². The standard InChI is InChI=1S/C16H26N6O2/c1-12(2)22-14(23)16(3,19-15(22)24)13-5-4-6-20(9-13)7-8-21-11-17-10-18-21/h10-13H,4-9H2,1-3H3,(H,19,24). The van der Waals surface area contributed by atoms with Crippen LogP contribution in [0.5, 0.6) is 0 Å². The fourth-order valence-electron chi connectivity index (χ4n) is 3.75. The molecule has 8 nitrogen and oxygen atoms in total. The van der Waals surface area contributed by atoms with Crippen molar-refractivity contribution in [1.29, 1.82) is 0 Å². The number of nitrogens with zero attached hydrogens (tertiary/aromatic N) is 5. The molecule has 0 spiro atoms. The van der Waals surface area contributed by atoms with E-state index in [0.29, 0.717) is 0 Å². The van der Waals surface area contributed by atoms with Crippen LogP contribution in [0.3, 0.4) is 0 Å². The maximum absolute atomic E-state index is 12.8. The lowest BCUT2D eigenvalue weighted by molar-refractivity contribution is -0.134. The number of aromatic nitrogens is 3. The van der Waals surface area contributed by atoms with E-state index in [2.05, 4.69) is 20.3 Å². The Bertz CT molecular complexity index is 602. The third kappa shape index (κ3) is 3.02. The molecule has 1 aromatic rings. The van der Waals surface area contributed by atoms with Crippen LogP contribution in [-0.2, 0) is 11.3 Å². The van der Waals surface area contributed by atoms with Gasteiger partial charge in [-0.05, 0) is 40.2 Å². The fraction of sp³-hybridized carbons (Fsp3) is 0.750. The quantitative estimate of drug-likeness (QED) is 0.802. The summed E-state index contributed by atoms with van der Waals surface area (Å²) in [5.74, 6) is 0.0350. The zero-order chi connectivity index (χ0) is 17.3. The van der Waals surface area contributed by atoms with Crippen LogP contribution in [0, 0.1) is 5.92 Å². The van der Waals surface area contributed by atoms with Gasteiger partial charge in [-0.2, -0.15) is 5.10 Å². The summed E-state index contributed by atoms with van der Waals surface area (Å²) in [5, 5.41) is 7.08. The van der Waals surface area contributed by atoms with E-state index in [0.717, 1.165) is 39.0 Å². The minimum atomic E-state index is -0.798. The highest BCUT2D eigenvalue weighted by atomic mass is 16.2. The fourth-order valence-corrected chi connectivity index (χ4v) is 3.75. The van der Waals surface area contributed by atoms with Gasteiger partial charge in [-0.25, -0.2) is 9.78 Å². The van der Waals surface area contributed by atoms with Crippen LogP contribution in [0.2, 0.25) is 0 Å². The molecule has 3 amide bonds. The molecule has 2 atom stereocenters. The van der Waals surface area contributed by atoms with Gasteiger partial charge in [0.15, 0.2) is 0 Å². The van der Waals surface area contributed by atoms with Crippen molar-refractivity contribution in [3.63, 3.8) is 0 Å². The van der Waals surface area contributed by atoms with Crippen LogP contribution in [-0.4, -0.2) is 67.7 Å². The smallest absolute Gasteiger partial charge is 0.323 e. The molecular formula is C16H26N6O2. The molecule has 0 radical (unpaired) electrons. The predicted molar refractivity (Wildman–Crippen MR) is 88.1 cm³/mol. The van der Waals surface area contributed by atoms with E-state index in [1.54, 1.807) is 6.33 Å². The number of carbonyl (C=O) groups excluding carboxylic acids is 2. The zero-order valence-electron chi connectivity index (χ0n) is 14.6. The molecule has 2 saturated heterocycles. The van der Waals surface area contributed by atoms with Crippen molar-refractivity contribution in [2.45, 2.75) is 51.7 Å². The van der Waals surface area contributed by atoms with Crippen molar-refractivity contribution in [1.82, 2.24) is 29.9 Å². The third-order valence-electron chi connectivity index (χ3n) is 5.20. The molecule has 2 aliphatic heterocycles. The lowest BCUT2D eigenvalue weighted by atomic mass is 9.80. The van der Waals surface area contributed by atoms with Crippen molar-refractivity contribution in [2.24, 2.45) is 5.92 Å². The van der Waals surface area contributed by atoms with E-state index in [-0.39, 0.29) is 23.9 Å². The summed E-state index contributed by atoms with van der Waals surface area (Å²) in [6.07, 6.45) is 5.23. The molecule has 2 fully saturated rings. The Balaban J connectivity index is 1.65. The molecule has 0 aromatic carbocycles. The number of rotatable bonds is 5. The average molecular weight is 334 g/mol. The van der Waals surface area contributed by atoms with Crippen LogP contribution in [0.1, 0.15) is 33.6 Å². The molecule has 1 N–H and O–H groups in total. The maximum Gasteiger partial charge on any atom is 0.325 e. The van der Waals surface area contributed by atoms with Crippen LogP contribution in [0.15, 0.2) is 12.7 Å². The molecule has 0 bridgehead atoms. The molecule has 1 aromatic heterocycles. The second-order valence-electron chi connectivity index (χ2n) is 7.20. The summed E-state index contributed by atoms with van der Waals surface area (Å²) in [6, 6.07) is -0.386. The van der Waals surface area contributed by atoms with Gasteiger partial charge in [0.2, 0.25) is 0 Å². The maximum atomic E-state index is 12.8. The molecule has 0 aliphatic carbocycles. The lowest BCUT2D eigenvalue weighted by Gasteiger charge is -2.39. The Morgan fingerprint density at radius 2 is 2.17 bits per heavy atom. The van der Waals surface area contributed by atoms with Crippen LogP contribution < -0.4 is 5.32 Å². The number of piperidine rings is 1. The summed E-state index contributed by atoms with van der Waals surface area (Å²) in [7, 11) is 0. The Kier molecular flexibility index (Phi) is 4.58. The highest BCUT2D eigenvalue weighted by Gasteiger charge is 2.53. The largest absolute Gasteiger partial charge is 0.325 e. The van der Waals surface area contributed by atoms with Crippen molar-refractivity contribution in [3.05, 3.63) is 12.7 Å². The first-order valence-corrected chi connectivity index (χ1v) is 8.62. The molecule has 3 rings (SSSR count). The van der Waals surface area contributed by atoms with E-state index >= 15 is 0 Å². The van der Waals surface area contributed by atoms with Crippen molar-refractivity contribution < 1.29 is 9.59 Å². The van der Waals surface area contributed by atoms with E-state index in [1.807, 2.05) is 25.5 Å². The van der Waals surface area contributed by atoms with E-state index in [9.17, 15) is 9.59 Å². The van der Waals surface area contributed by atoms with Gasteiger partial charge in [0.05, 0.1) is 6.54 Å². The molecule has 24 heavy (non-hydrogen) atoms. The molecule has 0 saturated carbocycles. The van der Waals surface area contributed by atoms with Crippen LogP contribution in [0.4, 0.5) is 4.79 Å². The second-order valence-corrected chi connectivity index (χ2v) is 7.20. The number of carbonyl (C=O) groups is 2. The Hall–Kier alpha value is -1.96. The normalized spacial score (nSPS) is 28.7. The highest BCUT2D eigenvalue weighted by Crippen LogP contribution is 2.33. The summed E-state index contributed by atoms with van der Waals surface area (Å²) in [6.45, 7) is 9.08. The van der Waals surface area contributed by atoms with Crippen LogP contribution >= 0.6 is 0 Å². The van der Waals surface area contributed by atoms with Gasteiger partial charge in [0, 0.05) is 25.0 Å². The third-order valence-corrected chi connectivity index (χ3v) is 5.20. The first-order chi connectivity index (χ1) is 11.4. The van der Waals surface area contributed by atoms with Crippen molar-refractivity contribution >= 4 is 11.9 Å². The van der Waals surface area contributed by atoms with Crippen molar-refractivity contribution in [3.8, 4) is 0 Å². The number of nitrogens with one attached hydrogen (secondary N) is 1. The van der Waals surface area contributed by atoms with Gasteiger partial charge in [-0.15, -0.1) is 0 Å². The van der Waals surface area contributed by atoms with Gasteiger partial charge in [-0.3, -0.25) is 14.4 Å². The number of imide groups is 1. The molecule has 8 heteroatoms. The number of urea groups is 1. The lowest BCUT2D eigenvalue weighted by Crippen LogP contribution is -2.56. The average Bonchev–Trinajstić information content (AvgIpc) is 3.13. The van der Waals surface area contributed by atoms with Gasteiger partial charge in [-0.1, -0.05) is 0 Å². The molecule has 132 valence electrons. The Morgan fingerprint density at radius 3 is 2.79 bits per heavy atom. The zero-order valence-corrected chi connectivity index (χ0v) is 14.6. The SMILES string of the molecule is CC(C)N1C(=O)NC(C)(C2CCCN(CCn3cncn3)C2)C1=O. The monoisotopic (exact) mass is 334 g/mol. The minimum absolute atomic E-state index is 0.0920. The summed E-state index contributed by atoms with van der Waals surface area (Å²) in [4.78, 5) is 32.7. The molecule has 2 aliphatic rings. The van der Waals surface area contributed by atoms with Gasteiger partial charge in [0.1, 0.15) is 18.2 Å². The first-order valence-electron chi connectivity index (χ1n) is 8.62. The summed E-state index contributed by atoms with van der Waals surface area (Å²) < 4.78 is 1.81. The topological polar surface area (TPSA) is 83.4 Å². The number of hydrogen-bond acceptors (Lipinski definition) is 5. The summed E-state index contributed by atoms with van der Waals surface area (Å²) >= 11 is 0. The van der Waals surface area contributed by atoms with Gasteiger partial charge in [0.25, 0.3) is 5.91 Å². The number of amides is 3. The second kappa shape index (κ2) is 6.51. The van der Waals surface area contributed by atoms with E-state index in [1.165, 1.54) is 11.2 Å². The molecule has 3 heterocycles. The number of likely N-dealkylation sites (tertiary alicyclic amines) is 1.